The highest BCUT2D eigenvalue weighted by Crippen LogP contribution is 2.27. The van der Waals surface area contributed by atoms with Crippen molar-refractivity contribution in [3.05, 3.63) is 75.9 Å². The lowest BCUT2D eigenvalue weighted by Crippen LogP contribution is -2.25. The van der Waals surface area contributed by atoms with Crippen LogP contribution in [-0.4, -0.2) is 23.0 Å². The molecule has 4 aromatic rings. The second kappa shape index (κ2) is 7.63. The van der Waals surface area contributed by atoms with Gasteiger partial charge in [-0.1, -0.05) is 71.5 Å². The number of halogens is 1. The highest BCUT2D eigenvalue weighted by atomic mass is 35.5. The number of fused-ring (bicyclic) bond motifs is 1. The Hall–Kier alpha value is -2.26. The van der Waals surface area contributed by atoms with Crippen LogP contribution in [0.15, 0.2) is 54.6 Å². The van der Waals surface area contributed by atoms with Crippen LogP contribution in [0.25, 0.3) is 16.2 Å². The molecule has 0 atom stereocenters. The van der Waals surface area contributed by atoms with E-state index < -0.39 is 10.0 Å². The number of imidazole rings is 1. The van der Waals surface area contributed by atoms with Crippen molar-refractivity contribution in [3.63, 3.8) is 0 Å². The van der Waals surface area contributed by atoms with Crippen LogP contribution < -0.4 is 4.72 Å². The van der Waals surface area contributed by atoms with Gasteiger partial charge in [0.15, 0.2) is 0 Å². The second-order valence-corrected chi connectivity index (χ2v) is 9.63. The van der Waals surface area contributed by atoms with E-state index in [1.807, 2.05) is 37.3 Å². The molecule has 2 aromatic carbocycles. The molecule has 0 saturated heterocycles. The van der Waals surface area contributed by atoms with Gasteiger partial charge in [0.1, 0.15) is 5.01 Å². The van der Waals surface area contributed by atoms with E-state index in [9.17, 15) is 8.42 Å². The minimum atomic E-state index is -3.59. The first kappa shape index (κ1) is 19.1. The summed E-state index contributed by atoms with van der Waals surface area (Å²) in [6.45, 7) is 1.98. The highest BCUT2D eigenvalue weighted by Gasteiger charge is 2.20. The van der Waals surface area contributed by atoms with E-state index in [4.69, 9.17) is 11.6 Å². The lowest BCUT2D eigenvalue weighted by Gasteiger charge is -2.09. The fraction of sp³-hybridized carbons (Fsp3) is 0.158. The Balaban J connectivity index is 1.64. The first-order valence-electron chi connectivity index (χ1n) is 8.54. The minimum Gasteiger partial charge on any atom is -0.217 e. The summed E-state index contributed by atoms with van der Waals surface area (Å²) in [5.41, 5.74) is 2.90. The van der Waals surface area contributed by atoms with Crippen LogP contribution in [0.2, 0.25) is 5.02 Å². The molecule has 0 unspecified atom stereocenters. The van der Waals surface area contributed by atoms with E-state index >= 15 is 0 Å². The monoisotopic (exact) mass is 432 g/mol. The molecular formula is C19H17ClN4O2S2. The second-order valence-electron chi connectivity index (χ2n) is 6.26. The van der Waals surface area contributed by atoms with E-state index in [0.29, 0.717) is 16.3 Å². The zero-order valence-electron chi connectivity index (χ0n) is 15.0. The molecule has 28 heavy (non-hydrogen) atoms. The van der Waals surface area contributed by atoms with Gasteiger partial charge in [0.2, 0.25) is 15.0 Å². The van der Waals surface area contributed by atoms with Gasteiger partial charge in [-0.2, -0.15) is 5.10 Å². The zero-order valence-corrected chi connectivity index (χ0v) is 17.4. The van der Waals surface area contributed by atoms with Crippen LogP contribution in [-0.2, 0) is 22.3 Å². The summed E-state index contributed by atoms with van der Waals surface area (Å²) in [5, 5.41) is 5.77. The molecule has 1 N–H and O–H groups in total. The standard InChI is InChI=1S/C19H17ClN4O2S2/c1-13-23-24-17(18(22-19(24)27-13)14-7-3-2-4-8-14)11-21-28(25,26)12-15-9-5-6-10-16(15)20/h2-10,21H,11-12H2,1H3. The number of aromatic nitrogens is 3. The molecule has 0 saturated carbocycles. The molecule has 0 radical (unpaired) electrons. The Bertz CT molecular complexity index is 1230. The molecule has 0 amide bonds. The third-order valence-corrected chi connectivity index (χ3v) is 6.68. The summed E-state index contributed by atoms with van der Waals surface area (Å²) in [6, 6.07) is 16.6. The van der Waals surface area contributed by atoms with Crippen molar-refractivity contribution in [3.8, 4) is 11.3 Å². The van der Waals surface area contributed by atoms with E-state index in [2.05, 4.69) is 14.8 Å². The predicted molar refractivity (Wildman–Crippen MR) is 112 cm³/mol. The van der Waals surface area contributed by atoms with Gasteiger partial charge in [0, 0.05) is 10.6 Å². The molecule has 4 rings (SSSR count). The molecule has 0 aliphatic carbocycles. The first-order valence-corrected chi connectivity index (χ1v) is 11.4. The van der Waals surface area contributed by atoms with Crippen molar-refractivity contribution in [1.82, 2.24) is 19.3 Å². The number of rotatable bonds is 6. The average Bonchev–Trinajstić information content (AvgIpc) is 3.19. The average molecular weight is 433 g/mol. The molecule has 2 aromatic heterocycles. The fourth-order valence-electron chi connectivity index (χ4n) is 2.92. The molecule has 0 fully saturated rings. The molecule has 144 valence electrons. The predicted octanol–water partition coefficient (Wildman–Crippen LogP) is 4.04. The minimum absolute atomic E-state index is 0.0847. The Morgan fingerprint density at radius 1 is 1.11 bits per heavy atom. The van der Waals surface area contributed by atoms with Gasteiger partial charge in [0.05, 0.1) is 23.7 Å². The summed E-state index contributed by atoms with van der Waals surface area (Å²) < 4.78 is 29.6. The van der Waals surface area contributed by atoms with Crippen LogP contribution in [0, 0.1) is 6.92 Å². The number of hydrogen-bond acceptors (Lipinski definition) is 5. The normalized spacial score (nSPS) is 11.9. The number of sulfonamides is 1. The maximum Gasteiger partial charge on any atom is 0.216 e. The van der Waals surface area contributed by atoms with Gasteiger partial charge in [0.25, 0.3) is 0 Å². The van der Waals surface area contributed by atoms with Crippen molar-refractivity contribution < 1.29 is 8.42 Å². The van der Waals surface area contributed by atoms with Crippen molar-refractivity contribution >= 4 is 37.9 Å². The molecule has 9 heteroatoms. The van der Waals surface area contributed by atoms with Gasteiger partial charge in [-0.05, 0) is 18.6 Å². The zero-order chi connectivity index (χ0) is 19.7. The summed E-state index contributed by atoms with van der Waals surface area (Å²) in [4.78, 5) is 5.40. The van der Waals surface area contributed by atoms with E-state index in [1.165, 1.54) is 11.3 Å². The number of aryl methyl sites for hydroxylation is 1. The third kappa shape index (κ3) is 3.95. The molecule has 0 spiro atoms. The van der Waals surface area contributed by atoms with Crippen molar-refractivity contribution in [2.24, 2.45) is 0 Å². The number of nitrogens with zero attached hydrogens (tertiary/aromatic N) is 3. The van der Waals surface area contributed by atoms with Crippen molar-refractivity contribution in [1.29, 1.82) is 0 Å². The van der Waals surface area contributed by atoms with E-state index in [1.54, 1.807) is 28.8 Å². The smallest absolute Gasteiger partial charge is 0.216 e. The lowest BCUT2D eigenvalue weighted by atomic mass is 10.1. The van der Waals surface area contributed by atoms with Gasteiger partial charge < -0.3 is 0 Å². The molecule has 0 bridgehead atoms. The van der Waals surface area contributed by atoms with E-state index in [-0.39, 0.29) is 12.3 Å². The van der Waals surface area contributed by atoms with Crippen LogP contribution in [0.1, 0.15) is 16.3 Å². The maximum absolute atomic E-state index is 12.6. The Morgan fingerprint density at radius 2 is 1.82 bits per heavy atom. The molecule has 0 aliphatic rings. The number of benzene rings is 2. The lowest BCUT2D eigenvalue weighted by molar-refractivity contribution is 0.579. The third-order valence-electron chi connectivity index (χ3n) is 4.21. The number of nitrogens with one attached hydrogen (secondary N) is 1. The van der Waals surface area contributed by atoms with Gasteiger partial charge in [-0.25, -0.2) is 22.6 Å². The van der Waals surface area contributed by atoms with Gasteiger partial charge >= 0.3 is 0 Å². The Labute approximate surface area is 171 Å². The number of hydrogen-bond donors (Lipinski definition) is 1. The van der Waals surface area contributed by atoms with Crippen molar-refractivity contribution in [2.45, 2.75) is 19.2 Å². The van der Waals surface area contributed by atoms with E-state index in [0.717, 1.165) is 21.2 Å². The van der Waals surface area contributed by atoms with Crippen LogP contribution in [0.3, 0.4) is 0 Å². The fourth-order valence-corrected chi connectivity index (χ4v) is 5.08. The van der Waals surface area contributed by atoms with Gasteiger partial charge in [-0.15, -0.1) is 0 Å². The van der Waals surface area contributed by atoms with Crippen LogP contribution >= 0.6 is 22.9 Å². The SMILES string of the molecule is Cc1nn2c(CNS(=O)(=O)Cc3ccccc3Cl)c(-c3ccccc3)nc2s1. The van der Waals surface area contributed by atoms with Gasteiger partial charge in [-0.3, -0.25) is 0 Å². The van der Waals surface area contributed by atoms with Crippen LogP contribution in [0.5, 0.6) is 0 Å². The quantitative estimate of drug-likeness (QED) is 0.499. The highest BCUT2D eigenvalue weighted by molar-refractivity contribution is 7.88. The molecule has 6 nitrogen and oxygen atoms in total. The molecular weight excluding hydrogens is 416 g/mol. The van der Waals surface area contributed by atoms with Crippen LogP contribution in [0.4, 0.5) is 0 Å². The Kier molecular flexibility index (Phi) is 5.20. The topological polar surface area (TPSA) is 76.4 Å². The largest absolute Gasteiger partial charge is 0.217 e. The molecule has 2 heterocycles. The Morgan fingerprint density at radius 3 is 2.57 bits per heavy atom. The molecule has 0 aliphatic heterocycles. The van der Waals surface area contributed by atoms with Crippen molar-refractivity contribution in [2.75, 3.05) is 0 Å². The maximum atomic E-state index is 12.6. The first-order chi connectivity index (χ1) is 13.4. The summed E-state index contributed by atoms with van der Waals surface area (Å²) in [5.74, 6) is -0.189. The summed E-state index contributed by atoms with van der Waals surface area (Å²) in [7, 11) is -3.59. The summed E-state index contributed by atoms with van der Waals surface area (Å²) >= 11 is 7.57. The summed E-state index contributed by atoms with van der Waals surface area (Å²) in [6.07, 6.45) is 0.